The van der Waals surface area contributed by atoms with E-state index in [4.69, 9.17) is 0 Å². The molecule has 0 atom stereocenters. The molecule has 0 aliphatic carbocycles. The highest BCUT2D eigenvalue weighted by Gasteiger charge is 2.15. The second kappa shape index (κ2) is 5.43. The van der Waals surface area contributed by atoms with Crippen molar-refractivity contribution >= 4 is 33.0 Å². The van der Waals surface area contributed by atoms with Gasteiger partial charge in [0.15, 0.2) is 0 Å². The SMILES string of the molecule is Brc1ccc(CN2CCNCc3ccccc32)s1. The number of anilines is 1. The number of nitrogens with one attached hydrogen (secondary N) is 1. The van der Waals surface area contributed by atoms with Gasteiger partial charge in [-0.1, -0.05) is 18.2 Å². The highest BCUT2D eigenvalue weighted by molar-refractivity contribution is 9.11. The maximum Gasteiger partial charge on any atom is 0.0702 e. The summed E-state index contributed by atoms with van der Waals surface area (Å²) in [4.78, 5) is 3.87. The molecule has 0 fully saturated rings. The Morgan fingerprint density at radius 1 is 1.22 bits per heavy atom. The fourth-order valence-electron chi connectivity index (χ4n) is 2.32. The minimum Gasteiger partial charge on any atom is -0.365 e. The maximum atomic E-state index is 3.53. The van der Waals surface area contributed by atoms with E-state index in [1.54, 1.807) is 0 Å². The molecule has 0 bridgehead atoms. The molecule has 1 aliphatic heterocycles. The van der Waals surface area contributed by atoms with Gasteiger partial charge in [-0.2, -0.15) is 0 Å². The minimum absolute atomic E-state index is 0.973. The van der Waals surface area contributed by atoms with Crippen molar-refractivity contribution < 1.29 is 0 Å². The largest absolute Gasteiger partial charge is 0.365 e. The summed E-state index contributed by atoms with van der Waals surface area (Å²) in [5.74, 6) is 0. The first-order chi connectivity index (χ1) is 8.83. The summed E-state index contributed by atoms with van der Waals surface area (Å²) >= 11 is 5.35. The third-order valence-corrected chi connectivity index (χ3v) is 4.79. The topological polar surface area (TPSA) is 15.3 Å². The number of hydrogen-bond acceptors (Lipinski definition) is 3. The number of benzene rings is 1. The predicted octanol–water partition coefficient (Wildman–Crippen LogP) is 3.62. The standard InChI is InChI=1S/C14H15BrN2S/c15-14-6-5-12(18-14)10-17-8-7-16-9-11-3-1-2-4-13(11)17/h1-6,16H,7-10H2. The Bertz CT molecular complexity index is 538. The first kappa shape index (κ1) is 12.2. The smallest absolute Gasteiger partial charge is 0.0702 e. The molecule has 0 unspecified atom stereocenters. The molecular weight excluding hydrogens is 308 g/mol. The molecule has 0 amide bonds. The molecule has 2 aromatic rings. The molecule has 1 aromatic heterocycles. The molecular formula is C14H15BrN2S. The zero-order chi connectivity index (χ0) is 12.4. The second-order valence-corrected chi connectivity index (χ2v) is 6.98. The van der Waals surface area contributed by atoms with E-state index in [0.717, 1.165) is 26.2 Å². The Morgan fingerprint density at radius 3 is 2.94 bits per heavy atom. The van der Waals surface area contributed by atoms with Gasteiger partial charge in [0.1, 0.15) is 0 Å². The van der Waals surface area contributed by atoms with Crippen LogP contribution in [0.25, 0.3) is 0 Å². The zero-order valence-electron chi connectivity index (χ0n) is 10.0. The first-order valence-electron chi connectivity index (χ1n) is 6.11. The van der Waals surface area contributed by atoms with Crippen LogP contribution in [0.1, 0.15) is 10.4 Å². The average molecular weight is 323 g/mol. The summed E-state index contributed by atoms with van der Waals surface area (Å²) in [5, 5.41) is 3.48. The number of para-hydroxylation sites is 1. The number of nitrogens with zero attached hydrogens (tertiary/aromatic N) is 1. The molecule has 1 aromatic carbocycles. The van der Waals surface area contributed by atoms with Crippen molar-refractivity contribution in [1.82, 2.24) is 5.32 Å². The number of rotatable bonds is 2. The van der Waals surface area contributed by atoms with Crippen LogP contribution in [0.15, 0.2) is 40.2 Å². The van der Waals surface area contributed by atoms with Crippen molar-refractivity contribution in [2.24, 2.45) is 0 Å². The summed E-state index contributed by atoms with van der Waals surface area (Å²) < 4.78 is 1.21. The second-order valence-electron chi connectivity index (χ2n) is 4.43. The van der Waals surface area contributed by atoms with Crippen LogP contribution in [0.5, 0.6) is 0 Å². The minimum atomic E-state index is 0.973. The Kier molecular flexibility index (Phi) is 3.68. The van der Waals surface area contributed by atoms with Gasteiger partial charge in [-0.15, -0.1) is 11.3 Å². The van der Waals surface area contributed by atoms with E-state index in [2.05, 4.69) is 62.5 Å². The third kappa shape index (κ3) is 2.60. The van der Waals surface area contributed by atoms with Crippen molar-refractivity contribution in [2.45, 2.75) is 13.1 Å². The van der Waals surface area contributed by atoms with Crippen LogP contribution >= 0.6 is 27.3 Å². The van der Waals surface area contributed by atoms with Crippen LogP contribution < -0.4 is 10.2 Å². The van der Waals surface area contributed by atoms with Gasteiger partial charge in [-0.25, -0.2) is 0 Å². The summed E-state index contributed by atoms with van der Waals surface area (Å²) in [6.45, 7) is 4.07. The number of halogens is 1. The third-order valence-electron chi connectivity index (χ3n) is 3.18. The highest BCUT2D eigenvalue weighted by atomic mass is 79.9. The lowest BCUT2D eigenvalue weighted by Crippen LogP contribution is -2.27. The van der Waals surface area contributed by atoms with Crippen LogP contribution in [-0.2, 0) is 13.1 Å². The van der Waals surface area contributed by atoms with Gasteiger partial charge in [-0.3, -0.25) is 0 Å². The van der Waals surface area contributed by atoms with Crippen LogP contribution in [0.4, 0.5) is 5.69 Å². The van der Waals surface area contributed by atoms with E-state index in [1.807, 2.05) is 11.3 Å². The molecule has 0 saturated carbocycles. The lowest BCUT2D eigenvalue weighted by molar-refractivity contribution is 0.690. The fourth-order valence-corrected chi connectivity index (χ4v) is 3.81. The lowest BCUT2D eigenvalue weighted by atomic mass is 10.1. The molecule has 4 heteroatoms. The van der Waals surface area contributed by atoms with Crippen molar-refractivity contribution in [3.63, 3.8) is 0 Å². The van der Waals surface area contributed by atoms with Crippen LogP contribution in [0.2, 0.25) is 0 Å². The van der Waals surface area contributed by atoms with Gasteiger partial charge < -0.3 is 10.2 Å². The summed E-state index contributed by atoms with van der Waals surface area (Å²) in [6.07, 6.45) is 0. The number of thiophene rings is 1. The van der Waals surface area contributed by atoms with Crippen LogP contribution in [-0.4, -0.2) is 13.1 Å². The summed E-state index contributed by atoms with van der Waals surface area (Å²) in [7, 11) is 0. The Hall–Kier alpha value is -0.840. The van der Waals surface area contributed by atoms with Gasteiger partial charge in [-0.05, 0) is 39.7 Å². The normalized spacial score (nSPS) is 15.3. The molecule has 3 rings (SSSR count). The van der Waals surface area contributed by atoms with Crippen molar-refractivity contribution in [2.75, 3.05) is 18.0 Å². The van der Waals surface area contributed by atoms with E-state index in [0.29, 0.717) is 0 Å². The van der Waals surface area contributed by atoms with E-state index >= 15 is 0 Å². The quantitative estimate of drug-likeness (QED) is 0.908. The van der Waals surface area contributed by atoms with Gasteiger partial charge >= 0.3 is 0 Å². The van der Waals surface area contributed by atoms with Crippen molar-refractivity contribution in [1.29, 1.82) is 0 Å². The molecule has 0 saturated heterocycles. The monoisotopic (exact) mass is 322 g/mol. The summed E-state index contributed by atoms with van der Waals surface area (Å²) in [5.41, 5.74) is 2.76. The molecule has 2 nitrogen and oxygen atoms in total. The Labute approximate surface area is 120 Å². The maximum absolute atomic E-state index is 3.53. The van der Waals surface area contributed by atoms with E-state index < -0.39 is 0 Å². The Morgan fingerprint density at radius 2 is 2.11 bits per heavy atom. The van der Waals surface area contributed by atoms with Gasteiger partial charge in [0, 0.05) is 30.2 Å². The Balaban J connectivity index is 1.87. The van der Waals surface area contributed by atoms with Crippen molar-refractivity contribution in [3.05, 3.63) is 50.6 Å². The number of fused-ring (bicyclic) bond motifs is 1. The van der Waals surface area contributed by atoms with E-state index in [9.17, 15) is 0 Å². The number of hydrogen-bond donors (Lipinski definition) is 1. The molecule has 1 N–H and O–H groups in total. The average Bonchev–Trinajstić information content (AvgIpc) is 2.68. The first-order valence-corrected chi connectivity index (χ1v) is 7.72. The molecule has 1 aliphatic rings. The van der Waals surface area contributed by atoms with Crippen molar-refractivity contribution in [3.8, 4) is 0 Å². The van der Waals surface area contributed by atoms with Crippen LogP contribution in [0.3, 0.4) is 0 Å². The molecule has 2 heterocycles. The zero-order valence-corrected chi connectivity index (χ0v) is 12.4. The van der Waals surface area contributed by atoms with Crippen LogP contribution in [0, 0.1) is 0 Å². The summed E-state index contributed by atoms with van der Waals surface area (Å²) in [6, 6.07) is 13.0. The van der Waals surface area contributed by atoms with Gasteiger partial charge in [0.05, 0.1) is 10.3 Å². The molecule has 18 heavy (non-hydrogen) atoms. The predicted molar refractivity (Wildman–Crippen MR) is 81.2 cm³/mol. The van der Waals surface area contributed by atoms with Gasteiger partial charge in [0.2, 0.25) is 0 Å². The van der Waals surface area contributed by atoms with E-state index in [-0.39, 0.29) is 0 Å². The molecule has 94 valence electrons. The lowest BCUT2D eigenvalue weighted by Gasteiger charge is -2.23. The highest BCUT2D eigenvalue weighted by Crippen LogP contribution is 2.27. The molecule has 0 radical (unpaired) electrons. The van der Waals surface area contributed by atoms with E-state index in [1.165, 1.54) is 19.9 Å². The molecule has 0 spiro atoms. The fraction of sp³-hybridized carbons (Fsp3) is 0.286. The van der Waals surface area contributed by atoms with Gasteiger partial charge in [0.25, 0.3) is 0 Å².